The van der Waals surface area contributed by atoms with E-state index in [1.54, 1.807) is 11.3 Å². The summed E-state index contributed by atoms with van der Waals surface area (Å²) in [5.41, 5.74) is 6.21. The highest BCUT2D eigenvalue weighted by atomic mass is 32.1. The number of rotatable bonds is 4. The van der Waals surface area contributed by atoms with Crippen LogP contribution in [0.4, 0.5) is 0 Å². The average molecular weight is 240 g/mol. The smallest absolute Gasteiger partial charge is 0.0856 e. The molecule has 4 heteroatoms. The Bertz CT molecular complexity index is 302. The maximum atomic E-state index is 6.21. The Morgan fingerprint density at radius 3 is 3.25 bits per heavy atom. The Hall–Kier alpha value is -0.420. The summed E-state index contributed by atoms with van der Waals surface area (Å²) >= 11 is 1.77. The molecule has 2 unspecified atom stereocenters. The van der Waals surface area contributed by atoms with E-state index in [1.807, 2.05) is 0 Å². The molecule has 0 aliphatic carbocycles. The summed E-state index contributed by atoms with van der Waals surface area (Å²) in [5, 5.41) is 2.10. The van der Waals surface area contributed by atoms with Crippen molar-refractivity contribution in [1.82, 2.24) is 4.90 Å². The van der Waals surface area contributed by atoms with Crippen molar-refractivity contribution in [2.24, 2.45) is 5.73 Å². The number of morpholine rings is 1. The van der Waals surface area contributed by atoms with Crippen LogP contribution < -0.4 is 5.73 Å². The second kappa shape index (κ2) is 5.77. The van der Waals surface area contributed by atoms with Gasteiger partial charge < -0.3 is 10.5 Å². The van der Waals surface area contributed by atoms with Crippen molar-refractivity contribution < 1.29 is 4.74 Å². The van der Waals surface area contributed by atoms with Gasteiger partial charge in [0.15, 0.2) is 0 Å². The molecule has 1 saturated heterocycles. The van der Waals surface area contributed by atoms with E-state index in [9.17, 15) is 0 Å². The third-order valence-electron chi connectivity index (χ3n) is 3.12. The van der Waals surface area contributed by atoms with E-state index < -0.39 is 0 Å². The number of nitrogens with two attached hydrogens (primary N) is 1. The quantitative estimate of drug-likeness (QED) is 0.863. The lowest BCUT2D eigenvalue weighted by Crippen LogP contribution is -2.51. The van der Waals surface area contributed by atoms with Crippen LogP contribution in [0.15, 0.2) is 17.5 Å². The van der Waals surface area contributed by atoms with Crippen molar-refractivity contribution in [2.75, 3.05) is 26.2 Å². The first-order valence-corrected chi connectivity index (χ1v) is 6.79. The van der Waals surface area contributed by atoms with E-state index in [2.05, 4.69) is 29.3 Å². The zero-order valence-electron chi connectivity index (χ0n) is 9.76. The van der Waals surface area contributed by atoms with E-state index >= 15 is 0 Å². The predicted molar refractivity (Wildman–Crippen MR) is 67.9 cm³/mol. The lowest BCUT2D eigenvalue weighted by molar-refractivity contribution is -0.0384. The van der Waals surface area contributed by atoms with Crippen LogP contribution in [0.5, 0.6) is 0 Å². The minimum absolute atomic E-state index is 0.119. The Labute approximate surface area is 101 Å². The number of likely N-dealkylation sites (N-methyl/N-ethyl adjacent to an activating group) is 1. The number of ether oxygens (including phenoxy) is 1. The van der Waals surface area contributed by atoms with E-state index in [-0.39, 0.29) is 12.1 Å². The zero-order chi connectivity index (χ0) is 11.4. The van der Waals surface area contributed by atoms with E-state index in [1.165, 1.54) is 4.88 Å². The molecule has 2 rings (SSSR count). The van der Waals surface area contributed by atoms with Crippen LogP contribution in [0.3, 0.4) is 0 Å². The minimum atomic E-state index is 0.119. The summed E-state index contributed by atoms with van der Waals surface area (Å²) in [6, 6.07) is 4.34. The van der Waals surface area contributed by atoms with Crippen molar-refractivity contribution in [2.45, 2.75) is 25.5 Å². The fourth-order valence-corrected chi connectivity index (χ4v) is 2.85. The molecule has 1 aliphatic rings. The van der Waals surface area contributed by atoms with Gasteiger partial charge >= 0.3 is 0 Å². The standard InChI is InChI=1S/C12H20N2OS/c1-2-14-5-6-15-12(9-14)11(13)8-10-4-3-7-16-10/h3-4,7,11-12H,2,5-6,8-9,13H2,1H3. The summed E-state index contributed by atoms with van der Waals surface area (Å²) in [4.78, 5) is 3.76. The highest BCUT2D eigenvalue weighted by molar-refractivity contribution is 7.09. The molecule has 0 amide bonds. The Balaban J connectivity index is 1.86. The molecule has 1 aliphatic heterocycles. The Morgan fingerprint density at radius 2 is 2.56 bits per heavy atom. The molecule has 2 N–H and O–H groups in total. The molecule has 0 bridgehead atoms. The van der Waals surface area contributed by atoms with Crippen molar-refractivity contribution in [3.05, 3.63) is 22.4 Å². The molecule has 90 valence electrons. The molecular formula is C12H20N2OS. The average Bonchev–Trinajstić information content (AvgIpc) is 2.82. The summed E-state index contributed by atoms with van der Waals surface area (Å²) < 4.78 is 5.76. The first kappa shape index (κ1) is 12.0. The normalized spacial score (nSPS) is 24.5. The molecule has 0 spiro atoms. The number of hydrogen-bond acceptors (Lipinski definition) is 4. The number of thiophene rings is 1. The van der Waals surface area contributed by atoms with Crippen molar-refractivity contribution >= 4 is 11.3 Å². The van der Waals surface area contributed by atoms with E-state index in [0.29, 0.717) is 0 Å². The van der Waals surface area contributed by atoms with Crippen molar-refractivity contribution in [1.29, 1.82) is 0 Å². The fourth-order valence-electron chi connectivity index (χ4n) is 2.07. The van der Waals surface area contributed by atoms with Crippen LogP contribution >= 0.6 is 11.3 Å². The van der Waals surface area contributed by atoms with Gasteiger partial charge in [0.2, 0.25) is 0 Å². The summed E-state index contributed by atoms with van der Waals surface area (Å²) in [5.74, 6) is 0. The van der Waals surface area contributed by atoms with Gasteiger partial charge in [0.05, 0.1) is 12.7 Å². The van der Waals surface area contributed by atoms with Crippen LogP contribution in [-0.4, -0.2) is 43.3 Å². The van der Waals surface area contributed by atoms with Crippen molar-refractivity contribution in [3.8, 4) is 0 Å². The van der Waals surface area contributed by atoms with Gasteiger partial charge in [-0.05, 0) is 24.4 Å². The number of nitrogens with zero attached hydrogens (tertiary/aromatic N) is 1. The number of hydrogen-bond donors (Lipinski definition) is 1. The van der Waals surface area contributed by atoms with Crippen LogP contribution in [0, 0.1) is 0 Å². The molecule has 0 radical (unpaired) electrons. The fraction of sp³-hybridized carbons (Fsp3) is 0.667. The van der Waals surface area contributed by atoms with Gasteiger partial charge in [-0.2, -0.15) is 0 Å². The molecule has 1 fully saturated rings. The van der Waals surface area contributed by atoms with Crippen LogP contribution in [0.2, 0.25) is 0 Å². The highest BCUT2D eigenvalue weighted by Gasteiger charge is 2.25. The maximum Gasteiger partial charge on any atom is 0.0856 e. The Morgan fingerprint density at radius 1 is 1.69 bits per heavy atom. The van der Waals surface area contributed by atoms with Gasteiger partial charge in [-0.1, -0.05) is 13.0 Å². The molecule has 1 aromatic rings. The topological polar surface area (TPSA) is 38.5 Å². The third-order valence-corrected chi connectivity index (χ3v) is 4.02. The summed E-state index contributed by atoms with van der Waals surface area (Å²) in [7, 11) is 0. The van der Waals surface area contributed by atoms with Crippen molar-refractivity contribution in [3.63, 3.8) is 0 Å². The van der Waals surface area contributed by atoms with Crippen LogP contribution in [0.25, 0.3) is 0 Å². The third kappa shape index (κ3) is 3.04. The minimum Gasteiger partial charge on any atom is -0.374 e. The maximum absolute atomic E-state index is 6.21. The van der Waals surface area contributed by atoms with Crippen LogP contribution in [-0.2, 0) is 11.2 Å². The predicted octanol–water partition coefficient (Wildman–Crippen LogP) is 1.34. The van der Waals surface area contributed by atoms with E-state index in [4.69, 9.17) is 10.5 Å². The van der Waals surface area contributed by atoms with Crippen LogP contribution in [0.1, 0.15) is 11.8 Å². The first-order chi connectivity index (χ1) is 7.79. The lowest BCUT2D eigenvalue weighted by Gasteiger charge is -2.35. The second-order valence-corrected chi connectivity index (χ2v) is 5.28. The Kier molecular flexibility index (Phi) is 4.35. The van der Waals surface area contributed by atoms with Gasteiger partial charge in [-0.15, -0.1) is 11.3 Å². The lowest BCUT2D eigenvalue weighted by atomic mass is 10.1. The second-order valence-electron chi connectivity index (χ2n) is 4.25. The molecule has 2 atom stereocenters. The summed E-state index contributed by atoms with van der Waals surface area (Å²) in [6.07, 6.45) is 1.12. The van der Waals surface area contributed by atoms with Gasteiger partial charge in [0.25, 0.3) is 0 Å². The highest BCUT2D eigenvalue weighted by Crippen LogP contribution is 2.15. The summed E-state index contributed by atoms with van der Waals surface area (Å²) in [6.45, 7) is 6.11. The van der Waals surface area contributed by atoms with E-state index in [0.717, 1.165) is 32.7 Å². The monoisotopic (exact) mass is 240 g/mol. The molecule has 2 heterocycles. The first-order valence-electron chi connectivity index (χ1n) is 5.91. The van der Waals surface area contributed by atoms with Gasteiger partial charge in [0, 0.05) is 24.0 Å². The van der Waals surface area contributed by atoms with Gasteiger partial charge in [-0.3, -0.25) is 4.90 Å². The van der Waals surface area contributed by atoms with Gasteiger partial charge in [-0.25, -0.2) is 0 Å². The largest absolute Gasteiger partial charge is 0.374 e. The molecule has 0 saturated carbocycles. The van der Waals surface area contributed by atoms with Gasteiger partial charge in [0.1, 0.15) is 0 Å². The molecule has 16 heavy (non-hydrogen) atoms. The molecular weight excluding hydrogens is 220 g/mol. The molecule has 1 aromatic heterocycles. The SMILES string of the molecule is CCN1CCOC(C(N)Cc2cccs2)C1. The molecule has 3 nitrogen and oxygen atoms in total. The molecule has 0 aromatic carbocycles. The zero-order valence-corrected chi connectivity index (χ0v) is 10.6.